The van der Waals surface area contributed by atoms with Gasteiger partial charge in [-0.3, -0.25) is 0 Å². The Morgan fingerprint density at radius 2 is 2.43 bits per heavy atom. The van der Waals surface area contributed by atoms with Crippen molar-refractivity contribution in [3.05, 3.63) is 20.8 Å². The molecule has 0 amide bonds. The second kappa shape index (κ2) is 6.56. The molecule has 0 aliphatic heterocycles. The molecule has 14 heavy (non-hydrogen) atoms. The van der Waals surface area contributed by atoms with E-state index in [4.69, 9.17) is 4.74 Å². The number of ether oxygens (including phenoxy) is 1. The minimum atomic E-state index is 0.505. The standard InChI is InChI=1S/C10H16BrNOS/c1-12-8(3-5-13-2)7-10-9(11)4-6-14-10/h4,6,8,12H,3,5,7H2,1-2H3. The lowest BCUT2D eigenvalue weighted by Crippen LogP contribution is -2.28. The topological polar surface area (TPSA) is 21.3 Å². The van der Waals surface area contributed by atoms with Crippen molar-refractivity contribution in [2.75, 3.05) is 20.8 Å². The third kappa shape index (κ3) is 3.69. The van der Waals surface area contributed by atoms with Crippen molar-refractivity contribution in [3.8, 4) is 0 Å². The number of methoxy groups -OCH3 is 1. The number of nitrogens with one attached hydrogen (secondary N) is 1. The van der Waals surface area contributed by atoms with Crippen molar-refractivity contribution in [2.24, 2.45) is 0 Å². The van der Waals surface area contributed by atoms with E-state index in [2.05, 4.69) is 32.7 Å². The largest absolute Gasteiger partial charge is 0.385 e. The number of hydrogen-bond donors (Lipinski definition) is 1. The monoisotopic (exact) mass is 277 g/mol. The minimum Gasteiger partial charge on any atom is -0.385 e. The lowest BCUT2D eigenvalue weighted by Gasteiger charge is -2.14. The van der Waals surface area contributed by atoms with E-state index in [0.717, 1.165) is 19.4 Å². The highest BCUT2D eigenvalue weighted by Gasteiger charge is 2.10. The maximum atomic E-state index is 5.08. The fraction of sp³-hybridized carbons (Fsp3) is 0.600. The zero-order valence-electron chi connectivity index (χ0n) is 8.55. The second-order valence-electron chi connectivity index (χ2n) is 3.16. The Morgan fingerprint density at radius 3 is 2.93 bits per heavy atom. The summed E-state index contributed by atoms with van der Waals surface area (Å²) < 4.78 is 6.30. The van der Waals surface area contributed by atoms with Crippen LogP contribution < -0.4 is 5.32 Å². The highest BCUT2D eigenvalue weighted by molar-refractivity contribution is 9.10. The maximum absolute atomic E-state index is 5.08. The van der Waals surface area contributed by atoms with Gasteiger partial charge in [0.1, 0.15) is 0 Å². The Hall–Kier alpha value is 0.100. The van der Waals surface area contributed by atoms with Crippen molar-refractivity contribution in [1.82, 2.24) is 5.32 Å². The SMILES string of the molecule is CNC(CCOC)Cc1sccc1Br. The van der Waals surface area contributed by atoms with E-state index < -0.39 is 0 Å². The highest BCUT2D eigenvalue weighted by Crippen LogP contribution is 2.24. The lowest BCUT2D eigenvalue weighted by atomic mass is 10.1. The van der Waals surface area contributed by atoms with E-state index in [1.54, 1.807) is 18.4 Å². The fourth-order valence-corrected chi connectivity index (χ4v) is 2.90. The molecule has 0 saturated heterocycles. The molecule has 0 aromatic carbocycles. The number of halogens is 1. The zero-order chi connectivity index (χ0) is 10.4. The van der Waals surface area contributed by atoms with Crippen LogP contribution in [0.4, 0.5) is 0 Å². The molecule has 2 nitrogen and oxygen atoms in total. The summed E-state index contributed by atoms with van der Waals surface area (Å²) >= 11 is 5.34. The molecule has 0 aliphatic rings. The quantitative estimate of drug-likeness (QED) is 0.863. The van der Waals surface area contributed by atoms with E-state index in [9.17, 15) is 0 Å². The third-order valence-corrected chi connectivity index (χ3v) is 4.15. The molecule has 1 aromatic heterocycles. The van der Waals surface area contributed by atoms with Gasteiger partial charge in [0.2, 0.25) is 0 Å². The van der Waals surface area contributed by atoms with Crippen molar-refractivity contribution in [1.29, 1.82) is 0 Å². The first-order chi connectivity index (χ1) is 6.77. The smallest absolute Gasteiger partial charge is 0.0477 e. The van der Waals surface area contributed by atoms with Gasteiger partial charge in [-0.25, -0.2) is 0 Å². The van der Waals surface area contributed by atoms with E-state index in [0.29, 0.717) is 6.04 Å². The molecule has 0 radical (unpaired) electrons. The molecule has 80 valence electrons. The van der Waals surface area contributed by atoms with Gasteiger partial charge in [0.05, 0.1) is 0 Å². The van der Waals surface area contributed by atoms with E-state index in [-0.39, 0.29) is 0 Å². The van der Waals surface area contributed by atoms with Crippen LogP contribution in [0.3, 0.4) is 0 Å². The number of hydrogen-bond acceptors (Lipinski definition) is 3. The van der Waals surface area contributed by atoms with Crippen LogP contribution in [0.25, 0.3) is 0 Å². The third-order valence-electron chi connectivity index (χ3n) is 2.20. The zero-order valence-corrected chi connectivity index (χ0v) is 11.0. The summed E-state index contributed by atoms with van der Waals surface area (Å²) in [6.07, 6.45) is 2.12. The summed E-state index contributed by atoms with van der Waals surface area (Å²) in [7, 11) is 3.75. The maximum Gasteiger partial charge on any atom is 0.0477 e. The van der Waals surface area contributed by atoms with Gasteiger partial charge in [-0.05, 0) is 47.3 Å². The van der Waals surface area contributed by atoms with E-state index in [1.807, 2.05) is 7.05 Å². The second-order valence-corrected chi connectivity index (χ2v) is 5.02. The normalized spacial score (nSPS) is 13.1. The molecule has 1 rings (SSSR count). The average Bonchev–Trinajstić information content (AvgIpc) is 2.59. The van der Waals surface area contributed by atoms with Gasteiger partial charge in [-0.1, -0.05) is 0 Å². The number of likely N-dealkylation sites (N-methyl/N-ethyl adjacent to an activating group) is 1. The van der Waals surface area contributed by atoms with Gasteiger partial charge in [-0.2, -0.15) is 0 Å². The van der Waals surface area contributed by atoms with Crippen LogP contribution in [0.1, 0.15) is 11.3 Å². The van der Waals surface area contributed by atoms with Crippen LogP contribution >= 0.6 is 27.3 Å². The molecule has 1 aromatic rings. The summed E-state index contributed by atoms with van der Waals surface area (Å²) in [5.41, 5.74) is 0. The Bertz CT molecular complexity index is 264. The predicted octanol–water partition coefficient (Wildman–Crippen LogP) is 2.68. The van der Waals surface area contributed by atoms with Gasteiger partial charge >= 0.3 is 0 Å². The summed E-state index contributed by atoms with van der Waals surface area (Å²) in [6.45, 7) is 0.814. The van der Waals surface area contributed by atoms with Gasteiger partial charge in [0, 0.05) is 29.1 Å². The molecule has 1 heterocycles. The Labute approximate surface area is 97.8 Å². The Kier molecular flexibility index (Phi) is 5.70. The molecule has 0 bridgehead atoms. The van der Waals surface area contributed by atoms with Gasteiger partial charge < -0.3 is 10.1 Å². The molecule has 1 N–H and O–H groups in total. The average molecular weight is 278 g/mol. The molecule has 0 spiro atoms. The molecule has 1 atom stereocenters. The Balaban J connectivity index is 2.44. The van der Waals surface area contributed by atoms with Crippen molar-refractivity contribution >= 4 is 27.3 Å². The van der Waals surface area contributed by atoms with Gasteiger partial charge in [0.15, 0.2) is 0 Å². The predicted molar refractivity (Wildman–Crippen MR) is 65.1 cm³/mol. The number of thiophene rings is 1. The molecule has 4 heteroatoms. The lowest BCUT2D eigenvalue weighted by molar-refractivity contribution is 0.184. The highest BCUT2D eigenvalue weighted by atomic mass is 79.9. The minimum absolute atomic E-state index is 0.505. The van der Waals surface area contributed by atoms with Crippen LogP contribution in [0, 0.1) is 0 Å². The van der Waals surface area contributed by atoms with Crippen molar-refractivity contribution < 1.29 is 4.74 Å². The van der Waals surface area contributed by atoms with Crippen LogP contribution in [0.2, 0.25) is 0 Å². The first kappa shape index (κ1) is 12.2. The molecular weight excluding hydrogens is 262 g/mol. The van der Waals surface area contributed by atoms with Gasteiger partial charge in [-0.15, -0.1) is 11.3 Å². The fourth-order valence-electron chi connectivity index (χ4n) is 1.30. The van der Waals surface area contributed by atoms with E-state index in [1.165, 1.54) is 9.35 Å². The molecule has 0 saturated carbocycles. The van der Waals surface area contributed by atoms with Crippen molar-refractivity contribution in [2.45, 2.75) is 18.9 Å². The van der Waals surface area contributed by atoms with Gasteiger partial charge in [0.25, 0.3) is 0 Å². The van der Waals surface area contributed by atoms with E-state index >= 15 is 0 Å². The summed E-state index contributed by atoms with van der Waals surface area (Å²) in [5.74, 6) is 0. The van der Waals surface area contributed by atoms with Crippen LogP contribution in [-0.2, 0) is 11.2 Å². The first-order valence-corrected chi connectivity index (χ1v) is 6.33. The molecule has 0 aliphatic carbocycles. The first-order valence-electron chi connectivity index (χ1n) is 4.66. The van der Waals surface area contributed by atoms with Crippen LogP contribution in [0.15, 0.2) is 15.9 Å². The molecule has 1 unspecified atom stereocenters. The number of rotatable bonds is 6. The molecule has 0 fully saturated rings. The Morgan fingerprint density at radius 1 is 1.64 bits per heavy atom. The van der Waals surface area contributed by atoms with Crippen molar-refractivity contribution in [3.63, 3.8) is 0 Å². The summed E-state index contributed by atoms with van der Waals surface area (Å²) in [6, 6.07) is 2.60. The van der Waals surface area contributed by atoms with Crippen LogP contribution in [0.5, 0.6) is 0 Å². The van der Waals surface area contributed by atoms with Crippen LogP contribution in [-0.4, -0.2) is 26.8 Å². The summed E-state index contributed by atoms with van der Waals surface area (Å²) in [5, 5.41) is 5.42. The molecular formula is C10H16BrNOS. The summed E-state index contributed by atoms with van der Waals surface area (Å²) in [4.78, 5) is 1.40.